The Labute approximate surface area is 116 Å². The second kappa shape index (κ2) is 6.76. The molecule has 1 atom stereocenters. The Morgan fingerprint density at radius 1 is 1.25 bits per heavy atom. The van der Waals surface area contributed by atoms with Gasteiger partial charge in [0.1, 0.15) is 13.2 Å². The minimum atomic E-state index is -4.37. The van der Waals surface area contributed by atoms with E-state index in [1.165, 1.54) is 12.8 Å². The molecule has 7 heteroatoms. The Balaban J connectivity index is 1.66. The van der Waals surface area contributed by atoms with Crippen LogP contribution < -0.4 is 5.32 Å². The summed E-state index contributed by atoms with van der Waals surface area (Å²) in [4.78, 5) is 13.3. The molecule has 2 fully saturated rings. The van der Waals surface area contributed by atoms with Gasteiger partial charge in [-0.2, -0.15) is 13.2 Å². The molecule has 2 rings (SSSR count). The summed E-state index contributed by atoms with van der Waals surface area (Å²) in [5.74, 6) is 0.240. The van der Waals surface area contributed by atoms with Gasteiger partial charge in [-0.25, -0.2) is 0 Å². The number of nitrogens with one attached hydrogen (secondary N) is 1. The number of halogens is 3. The Hall–Kier alpha value is -0.820. The Morgan fingerprint density at radius 2 is 1.95 bits per heavy atom. The number of hydrogen-bond acceptors (Lipinski definition) is 3. The fraction of sp³-hybridized carbons (Fsp3) is 0.923. The molecule has 0 radical (unpaired) electrons. The number of carbonyl (C=O) groups is 1. The normalized spacial score (nSPS) is 25.1. The molecular weight excluding hydrogens is 273 g/mol. The molecule has 0 aromatic heterocycles. The molecule has 2 heterocycles. The van der Waals surface area contributed by atoms with Crippen LogP contribution in [-0.2, 0) is 9.53 Å². The molecule has 0 aromatic rings. The van der Waals surface area contributed by atoms with E-state index in [-0.39, 0.29) is 5.91 Å². The minimum absolute atomic E-state index is 0.341. The molecule has 2 aliphatic rings. The number of nitrogens with zero attached hydrogens (tertiary/aromatic N) is 1. The average molecular weight is 294 g/mol. The highest BCUT2D eigenvalue weighted by Crippen LogP contribution is 2.25. The predicted molar refractivity (Wildman–Crippen MR) is 67.2 cm³/mol. The van der Waals surface area contributed by atoms with Crippen molar-refractivity contribution in [3.63, 3.8) is 0 Å². The summed E-state index contributed by atoms with van der Waals surface area (Å²) in [7, 11) is 0. The van der Waals surface area contributed by atoms with Crippen molar-refractivity contribution >= 4 is 5.91 Å². The van der Waals surface area contributed by atoms with Crippen LogP contribution in [0.1, 0.15) is 25.7 Å². The van der Waals surface area contributed by atoms with E-state index in [4.69, 9.17) is 0 Å². The van der Waals surface area contributed by atoms with Crippen LogP contribution in [-0.4, -0.2) is 55.9 Å². The topological polar surface area (TPSA) is 41.6 Å². The maximum absolute atomic E-state index is 11.9. The van der Waals surface area contributed by atoms with Gasteiger partial charge in [0, 0.05) is 19.1 Å². The first-order chi connectivity index (χ1) is 9.46. The van der Waals surface area contributed by atoms with Gasteiger partial charge in [-0.1, -0.05) is 0 Å². The molecule has 20 heavy (non-hydrogen) atoms. The van der Waals surface area contributed by atoms with Crippen LogP contribution in [0.2, 0.25) is 0 Å². The first kappa shape index (κ1) is 15.6. The van der Waals surface area contributed by atoms with Gasteiger partial charge in [0.25, 0.3) is 0 Å². The molecule has 116 valence electrons. The molecule has 1 N–H and O–H groups in total. The predicted octanol–water partition coefficient (Wildman–Crippen LogP) is 1.56. The van der Waals surface area contributed by atoms with Crippen molar-refractivity contribution in [1.82, 2.24) is 10.2 Å². The van der Waals surface area contributed by atoms with E-state index in [1.807, 2.05) is 0 Å². The zero-order chi connectivity index (χ0) is 14.6. The maximum atomic E-state index is 11.9. The van der Waals surface area contributed by atoms with E-state index in [0.29, 0.717) is 25.0 Å². The van der Waals surface area contributed by atoms with Crippen molar-refractivity contribution < 1.29 is 22.7 Å². The average Bonchev–Trinajstić information content (AvgIpc) is 2.91. The lowest BCUT2D eigenvalue weighted by molar-refractivity contribution is -0.178. The van der Waals surface area contributed by atoms with Crippen molar-refractivity contribution in [2.45, 2.75) is 37.9 Å². The molecule has 0 spiro atoms. The minimum Gasteiger partial charge on any atom is -0.362 e. The van der Waals surface area contributed by atoms with E-state index < -0.39 is 19.4 Å². The van der Waals surface area contributed by atoms with Crippen LogP contribution in [0.4, 0.5) is 13.2 Å². The third-order valence-corrected chi connectivity index (χ3v) is 4.05. The smallest absolute Gasteiger partial charge is 0.362 e. The lowest BCUT2D eigenvalue weighted by atomic mass is 9.88. The van der Waals surface area contributed by atoms with E-state index in [2.05, 4.69) is 10.1 Å². The third kappa shape index (κ3) is 4.63. The number of hydrogen-bond donors (Lipinski definition) is 1. The van der Waals surface area contributed by atoms with Gasteiger partial charge in [-0.15, -0.1) is 0 Å². The number of carbonyl (C=O) groups excluding carboxylic acids is 1. The van der Waals surface area contributed by atoms with Gasteiger partial charge in [0.05, 0.1) is 0 Å². The Kier molecular flexibility index (Phi) is 5.26. The monoisotopic (exact) mass is 294 g/mol. The second-order valence-corrected chi connectivity index (χ2v) is 5.53. The second-order valence-electron chi connectivity index (χ2n) is 5.53. The zero-order valence-corrected chi connectivity index (χ0v) is 11.4. The first-order valence-electron chi connectivity index (χ1n) is 7.11. The quantitative estimate of drug-likeness (QED) is 0.855. The first-order valence-corrected chi connectivity index (χ1v) is 7.11. The van der Waals surface area contributed by atoms with Gasteiger partial charge >= 0.3 is 6.18 Å². The van der Waals surface area contributed by atoms with E-state index in [1.54, 1.807) is 4.90 Å². The molecule has 0 aliphatic carbocycles. The summed E-state index contributed by atoms with van der Waals surface area (Å²) in [6, 6.07) is 0.550. The summed E-state index contributed by atoms with van der Waals surface area (Å²) in [6.07, 6.45) is -0.144. The largest absolute Gasteiger partial charge is 0.411 e. The van der Waals surface area contributed by atoms with E-state index >= 15 is 0 Å². The van der Waals surface area contributed by atoms with Crippen LogP contribution in [0.5, 0.6) is 0 Å². The fourth-order valence-electron chi connectivity index (χ4n) is 3.01. The lowest BCUT2D eigenvalue weighted by Gasteiger charge is -2.34. The third-order valence-electron chi connectivity index (χ3n) is 4.05. The highest BCUT2D eigenvalue weighted by Gasteiger charge is 2.31. The van der Waals surface area contributed by atoms with Gasteiger partial charge < -0.3 is 15.0 Å². The van der Waals surface area contributed by atoms with Crippen molar-refractivity contribution in [3.8, 4) is 0 Å². The summed E-state index contributed by atoms with van der Waals surface area (Å²) >= 11 is 0. The molecule has 0 bridgehead atoms. The lowest BCUT2D eigenvalue weighted by Crippen LogP contribution is -2.44. The van der Waals surface area contributed by atoms with Gasteiger partial charge in [-0.05, 0) is 38.1 Å². The highest BCUT2D eigenvalue weighted by molar-refractivity contribution is 5.77. The number of ether oxygens (including phenoxy) is 1. The van der Waals surface area contributed by atoms with Gasteiger partial charge in [0.2, 0.25) is 5.91 Å². The number of likely N-dealkylation sites (tertiary alicyclic amines) is 1. The molecule has 1 amide bonds. The molecule has 4 nitrogen and oxygen atoms in total. The summed E-state index contributed by atoms with van der Waals surface area (Å²) < 4.78 is 40.2. The summed E-state index contributed by atoms with van der Waals surface area (Å²) in [5, 5.41) is 3.47. The Morgan fingerprint density at radius 3 is 2.50 bits per heavy atom. The zero-order valence-electron chi connectivity index (χ0n) is 11.4. The highest BCUT2D eigenvalue weighted by atomic mass is 19.4. The summed E-state index contributed by atoms with van der Waals surface area (Å²) in [5.41, 5.74) is 0. The number of piperidine rings is 1. The number of amides is 1. The molecule has 1 unspecified atom stereocenters. The fourth-order valence-corrected chi connectivity index (χ4v) is 3.01. The molecular formula is C13H21F3N2O2. The number of alkyl halides is 3. The van der Waals surface area contributed by atoms with Crippen LogP contribution in [0.15, 0.2) is 0 Å². The van der Waals surface area contributed by atoms with Crippen LogP contribution in [0, 0.1) is 5.92 Å². The maximum Gasteiger partial charge on any atom is 0.411 e. The van der Waals surface area contributed by atoms with Crippen LogP contribution in [0.25, 0.3) is 0 Å². The van der Waals surface area contributed by atoms with Crippen LogP contribution in [0.3, 0.4) is 0 Å². The SMILES string of the molecule is O=C(COCC(F)(F)F)N1CCC(C2CCCN2)CC1. The van der Waals surface area contributed by atoms with Crippen LogP contribution >= 0.6 is 0 Å². The van der Waals surface area contributed by atoms with Crippen molar-refractivity contribution in [3.05, 3.63) is 0 Å². The Bertz CT molecular complexity index is 322. The molecule has 2 saturated heterocycles. The molecule has 0 aromatic carbocycles. The number of rotatable bonds is 4. The standard InChI is InChI=1S/C13H21F3N2O2/c14-13(15,16)9-20-8-12(19)18-6-3-10(4-7-18)11-2-1-5-17-11/h10-11,17H,1-9H2. The van der Waals surface area contributed by atoms with E-state index in [9.17, 15) is 18.0 Å². The molecule has 2 aliphatic heterocycles. The van der Waals surface area contributed by atoms with Gasteiger partial charge in [0.15, 0.2) is 0 Å². The van der Waals surface area contributed by atoms with Crippen molar-refractivity contribution in [2.75, 3.05) is 32.8 Å². The van der Waals surface area contributed by atoms with Gasteiger partial charge in [-0.3, -0.25) is 4.79 Å². The van der Waals surface area contributed by atoms with E-state index in [0.717, 1.165) is 19.4 Å². The summed E-state index contributed by atoms with van der Waals surface area (Å²) in [6.45, 7) is 0.469. The molecule has 0 saturated carbocycles. The van der Waals surface area contributed by atoms with Crippen molar-refractivity contribution in [2.24, 2.45) is 5.92 Å². The van der Waals surface area contributed by atoms with Crippen molar-refractivity contribution in [1.29, 1.82) is 0 Å².